The predicted octanol–water partition coefficient (Wildman–Crippen LogP) is 2.49. The van der Waals surface area contributed by atoms with E-state index in [1.54, 1.807) is 0 Å². The quantitative estimate of drug-likeness (QED) is 0.826. The molecule has 0 atom stereocenters. The minimum absolute atomic E-state index is 0.670. The maximum Gasteiger partial charge on any atom is 0.133 e. The van der Waals surface area contributed by atoms with Crippen molar-refractivity contribution < 1.29 is 4.74 Å². The summed E-state index contributed by atoms with van der Waals surface area (Å²) in [6, 6.07) is 6.04. The minimum atomic E-state index is 0.670. The molecule has 0 heterocycles. The highest BCUT2D eigenvalue weighted by Gasteiger charge is 1.99. The van der Waals surface area contributed by atoms with Crippen molar-refractivity contribution >= 4 is 15.9 Å². The number of hydrogen-bond donors (Lipinski definition) is 1. The van der Waals surface area contributed by atoms with Crippen molar-refractivity contribution in [2.75, 3.05) is 13.2 Å². The van der Waals surface area contributed by atoms with Gasteiger partial charge in [-0.15, -0.1) is 0 Å². The molecule has 0 spiro atoms. The molecule has 0 fully saturated rings. The molecule has 2 nitrogen and oxygen atoms in total. The molecule has 0 unspecified atom stereocenters. The maximum atomic E-state index is 5.51. The van der Waals surface area contributed by atoms with Crippen LogP contribution in [0.3, 0.4) is 0 Å². The van der Waals surface area contributed by atoms with Crippen molar-refractivity contribution in [2.45, 2.75) is 13.3 Å². The van der Waals surface area contributed by atoms with Crippen molar-refractivity contribution in [3.63, 3.8) is 0 Å². The lowest BCUT2D eigenvalue weighted by Gasteiger charge is -2.07. The Morgan fingerprint density at radius 3 is 2.85 bits per heavy atom. The Balaban J connectivity index is 2.56. The van der Waals surface area contributed by atoms with Gasteiger partial charge in [0.25, 0.3) is 0 Å². The lowest BCUT2D eigenvalue weighted by molar-refractivity contribution is 0.311. The summed E-state index contributed by atoms with van der Waals surface area (Å²) in [4.78, 5) is 0. The zero-order valence-corrected chi connectivity index (χ0v) is 9.30. The Bertz CT molecular complexity index is 276. The van der Waals surface area contributed by atoms with Crippen LogP contribution in [-0.2, 0) is 0 Å². The van der Waals surface area contributed by atoms with Gasteiger partial charge in [-0.25, -0.2) is 0 Å². The van der Waals surface area contributed by atoms with Gasteiger partial charge in [0, 0.05) is 0 Å². The van der Waals surface area contributed by atoms with E-state index in [0.29, 0.717) is 13.2 Å². The number of rotatable bonds is 4. The van der Waals surface area contributed by atoms with E-state index in [0.717, 1.165) is 16.6 Å². The molecule has 0 aliphatic carbocycles. The molecule has 0 saturated carbocycles. The highest BCUT2D eigenvalue weighted by molar-refractivity contribution is 9.10. The Hall–Kier alpha value is -0.540. The fourth-order valence-electron chi connectivity index (χ4n) is 0.988. The molecule has 1 aromatic carbocycles. The van der Waals surface area contributed by atoms with Crippen LogP contribution in [0.25, 0.3) is 0 Å². The molecule has 0 bridgehead atoms. The van der Waals surface area contributed by atoms with E-state index in [1.807, 2.05) is 18.2 Å². The fourth-order valence-corrected chi connectivity index (χ4v) is 1.60. The number of nitrogens with two attached hydrogens (primary N) is 1. The van der Waals surface area contributed by atoms with Crippen molar-refractivity contribution in [2.24, 2.45) is 5.73 Å². The van der Waals surface area contributed by atoms with Gasteiger partial charge in [0.05, 0.1) is 11.1 Å². The average Bonchev–Trinajstić information content (AvgIpc) is 2.09. The van der Waals surface area contributed by atoms with Crippen LogP contribution in [0.15, 0.2) is 22.7 Å². The van der Waals surface area contributed by atoms with E-state index >= 15 is 0 Å². The van der Waals surface area contributed by atoms with Crippen molar-refractivity contribution in [1.29, 1.82) is 0 Å². The Morgan fingerprint density at radius 2 is 2.23 bits per heavy atom. The minimum Gasteiger partial charge on any atom is -0.492 e. The highest BCUT2D eigenvalue weighted by atomic mass is 79.9. The SMILES string of the molecule is Cc1ccc(OCCCN)c(Br)c1. The maximum absolute atomic E-state index is 5.51. The van der Waals surface area contributed by atoms with Gasteiger partial charge in [0.15, 0.2) is 0 Å². The van der Waals surface area contributed by atoms with Gasteiger partial charge in [-0.05, 0) is 53.5 Å². The number of halogens is 1. The van der Waals surface area contributed by atoms with Crippen LogP contribution in [0.4, 0.5) is 0 Å². The summed E-state index contributed by atoms with van der Waals surface area (Å²) in [7, 11) is 0. The van der Waals surface area contributed by atoms with Gasteiger partial charge in [0.2, 0.25) is 0 Å². The molecule has 1 rings (SSSR count). The summed E-state index contributed by atoms with van der Waals surface area (Å²) in [5.41, 5.74) is 6.58. The standard InChI is InChI=1S/C10H14BrNO/c1-8-3-4-10(9(11)7-8)13-6-2-5-12/h3-4,7H,2,5-6,12H2,1H3. The first-order chi connectivity index (χ1) is 6.24. The van der Waals surface area contributed by atoms with Gasteiger partial charge < -0.3 is 10.5 Å². The monoisotopic (exact) mass is 243 g/mol. The second kappa shape index (κ2) is 5.25. The topological polar surface area (TPSA) is 35.2 Å². The molecular weight excluding hydrogens is 230 g/mol. The summed E-state index contributed by atoms with van der Waals surface area (Å²) in [6.45, 7) is 3.40. The van der Waals surface area contributed by atoms with E-state index in [1.165, 1.54) is 5.56 Å². The van der Waals surface area contributed by atoms with E-state index in [-0.39, 0.29) is 0 Å². The Labute approximate surface area is 87.2 Å². The third kappa shape index (κ3) is 3.36. The Morgan fingerprint density at radius 1 is 1.46 bits per heavy atom. The van der Waals surface area contributed by atoms with E-state index < -0.39 is 0 Å². The van der Waals surface area contributed by atoms with Crippen LogP contribution < -0.4 is 10.5 Å². The van der Waals surface area contributed by atoms with Crippen LogP contribution in [-0.4, -0.2) is 13.2 Å². The molecule has 0 aliphatic heterocycles. The molecule has 0 aromatic heterocycles. The first-order valence-corrected chi connectivity index (χ1v) is 5.12. The van der Waals surface area contributed by atoms with Crippen LogP contribution in [0.1, 0.15) is 12.0 Å². The molecule has 0 radical (unpaired) electrons. The van der Waals surface area contributed by atoms with Crippen molar-refractivity contribution in [3.8, 4) is 5.75 Å². The fraction of sp³-hybridized carbons (Fsp3) is 0.400. The molecule has 13 heavy (non-hydrogen) atoms. The lowest BCUT2D eigenvalue weighted by Crippen LogP contribution is -2.06. The highest BCUT2D eigenvalue weighted by Crippen LogP contribution is 2.25. The third-order valence-electron chi connectivity index (χ3n) is 1.69. The predicted molar refractivity (Wildman–Crippen MR) is 58.0 cm³/mol. The number of hydrogen-bond acceptors (Lipinski definition) is 2. The molecular formula is C10H14BrNO. The molecule has 72 valence electrons. The molecule has 0 saturated heterocycles. The van der Waals surface area contributed by atoms with Gasteiger partial charge in [-0.3, -0.25) is 0 Å². The second-order valence-corrected chi connectivity index (χ2v) is 3.78. The third-order valence-corrected chi connectivity index (χ3v) is 2.31. The number of benzene rings is 1. The Kier molecular flexibility index (Phi) is 4.25. The average molecular weight is 244 g/mol. The van der Waals surface area contributed by atoms with Crippen molar-refractivity contribution in [1.82, 2.24) is 0 Å². The van der Waals surface area contributed by atoms with Gasteiger partial charge in [-0.1, -0.05) is 6.07 Å². The second-order valence-electron chi connectivity index (χ2n) is 2.92. The van der Waals surface area contributed by atoms with E-state index in [4.69, 9.17) is 10.5 Å². The first-order valence-electron chi connectivity index (χ1n) is 4.33. The molecule has 0 aliphatic rings. The van der Waals surface area contributed by atoms with E-state index in [9.17, 15) is 0 Å². The largest absolute Gasteiger partial charge is 0.492 e. The summed E-state index contributed by atoms with van der Waals surface area (Å²) in [5, 5.41) is 0. The first kappa shape index (κ1) is 10.5. The van der Waals surface area contributed by atoms with Crippen LogP contribution in [0, 0.1) is 6.92 Å². The van der Waals surface area contributed by atoms with Gasteiger partial charge in [-0.2, -0.15) is 0 Å². The molecule has 0 amide bonds. The zero-order valence-electron chi connectivity index (χ0n) is 7.72. The summed E-state index contributed by atoms with van der Waals surface area (Å²) >= 11 is 3.44. The van der Waals surface area contributed by atoms with Crippen LogP contribution in [0.2, 0.25) is 0 Å². The summed E-state index contributed by atoms with van der Waals surface area (Å²) in [5.74, 6) is 0.888. The summed E-state index contributed by atoms with van der Waals surface area (Å²) < 4.78 is 6.51. The van der Waals surface area contributed by atoms with Crippen LogP contribution in [0.5, 0.6) is 5.75 Å². The molecule has 1 aromatic rings. The lowest BCUT2D eigenvalue weighted by atomic mass is 10.2. The van der Waals surface area contributed by atoms with Gasteiger partial charge in [0.1, 0.15) is 5.75 Å². The smallest absolute Gasteiger partial charge is 0.133 e. The van der Waals surface area contributed by atoms with Crippen molar-refractivity contribution in [3.05, 3.63) is 28.2 Å². The molecule has 2 N–H and O–H groups in total. The zero-order chi connectivity index (χ0) is 9.68. The van der Waals surface area contributed by atoms with E-state index in [2.05, 4.69) is 22.9 Å². The number of aryl methyl sites for hydroxylation is 1. The number of ether oxygens (including phenoxy) is 1. The van der Waals surface area contributed by atoms with Crippen LogP contribution >= 0.6 is 15.9 Å². The normalized spacial score (nSPS) is 10.1. The van der Waals surface area contributed by atoms with Gasteiger partial charge >= 0.3 is 0 Å². The molecule has 3 heteroatoms. The summed E-state index contributed by atoms with van der Waals surface area (Å²) in [6.07, 6.45) is 0.889.